The predicted molar refractivity (Wildman–Crippen MR) is 283 cm³/mol. The van der Waals surface area contributed by atoms with Crippen LogP contribution < -0.4 is 15.2 Å². The molecule has 0 radical (unpaired) electrons. The van der Waals surface area contributed by atoms with Crippen molar-refractivity contribution in [3.63, 3.8) is 0 Å². The molecule has 0 bridgehead atoms. The van der Waals surface area contributed by atoms with Crippen molar-refractivity contribution in [1.82, 2.24) is 49.1 Å². The summed E-state index contributed by atoms with van der Waals surface area (Å²) in [5.41, 5.74) is 10.4. The van der Waals surface area contributed by atoms with Gasteiger partial charge < -0.3 is 25.0 Å². The molecule has 2 saturated heterocycles. The summed E-state index contributed by atoms with van der Waals surface area (Å²) in [6.45, 7) is 8.01. The number of hydrogen-bond donors (Lipinski definition) is 1. The van der Waals surface area contributed by atoms with Crippen LogP contribution in [0, 0.1) is 37.1 Å². The highest BCUT2D eigenvalue weighted by Gasteiger charge is 2.41. The van der Waals surface area contributed by atoms with Crippen molar-refractivity contribution in [2.45, 2.75) is 66.3 Å². The van der Waals surface area contributed by atoms with Crippen molar-refractivity contribution >= 4 is 74.8 Å². The molecule has 6 heterocycles. The summed E-state index contributed by atoms with van der Waals surface area (Å²) >= 11 is 12.9. The third kappa shape index (κ3) is 11.4. The van der Waals surface area contributed by atoms with Crippen molar-refractivity contribution in [2.24, 2.45) is 5.73 Å². The van der Waals surface area contributed by atoms with E-state index in [1.165, 1.54) is 54.7 Å². The SMILES string of the molecule is CCCN1C(=O)CN([C@@H](C)c2cc(F)cc(Cl)c2COc2cccc3c(-n4cc(F)cn4)cc(C)nc23)C1=O.Cc1cc(-n2cc(F)cn2)c2cccc(OCc3c(Cl)cc(F)cc3[C@H](C)N3CC(=O)N(CC(N)=O)C3=O)c2n1. The van der Waals surface area contributed by atoms with Crippen LogP contribution in [0.15, 0.2) is 97.6 Å². The molecule has 79 heavy (non-hydrogen) atoms. The average Bonchev–Trinajstić information content (AvgIpc) is 4.25. The first kappa shape index (κ1) is 55.1. The number of carbonyl (C=O) groups is 5. The predicted octanol–water partition coefficient (Wildman–Crippen LogP) is 10.0. The first-order valence-corrected chi connectivity index (χ1v) is 25.4. The number of primary amides is 1. The molecule has 10 rings (SSSR count). The average molecular weight is 1120 g/mol. The number of hydrogen-bond acceptors (Lipinski definition) is 11. The van der Waals surface area contributed by atoms with Crippen LogP contribution in [0.25, 0.3) is 33.2 Å². The Kier molecular flexibility index (Phi) is 15.9. The lowest BCUT2D eigenvalue weighted by molar-refractivity contribution is -0.129. The third-order valence-electron chi connectivity index (χ3n) is 13.3. The number of aromatic nitrogens is 6. The van der Waals surface area contributed by atoms with E-state index >= 15 is 0 Å². The summed E-state index contributed by atoms with van der Waals surface area (Å²) < 4.78 is 71.5. The number of rotatable bonds is 16. The summed E-state index contributed by atoms with van der Waals surface area (Å²) in [7, 11) is 0. The smallest absolute Gasteiger partial charge is 0.328 e. The molecule has 408 valence electrons. The highest BCUT2D eigenvalue weighted by Crippen LogP contribution is 2.38. The molecule has 0 unspecified atom stereocenters. The van der Waals surface area contributed by atoms with Gasteiger partial charge in [-0.2, -0.15) is 10.2 Å². The van der Waals surface area contributed by atoms with E-state index in [2.05, 4.69) is 20.2 Å². The van der Waals surface area contributed by atoms with Gasteiger partial charge in [0, 0.05) is 39.8 Å². The molecule has 4 aromatic heterocycles. The van der Waals surface area contributed by atoms with Crippen molar-refractivity contribution in [1.29, 1.82) is 0 Å². The van der Waals surface area contributed by atoms with Crippen molar-refractivity contribution in [3.8, 4) is 22.9 Å². The van der Waals surface area contributed by atoms with Gasteiger partial charge >= 0.3 is 12.1 Å². The molecule has 18 nitrogen and oxygen atoms in total. The number of pyridine rings is 2. The van der Waals surface area contributed by atoms with Gasteiger partial charge in [-0.3, -0.25) is 24.2 Å². The minimum atomic E-state index is -0.834. The number of imide groups is 2. The zero-order chi connectivity index (χ0) is 56.6. The van der Waals surface area contributed by atoms with E-state index in [-0.39, 0.29) is 42.3 Å². The van der Waals surface area contributed by atoms with Crippen LogP contribution in [0.5, 0.6) is 11.5 Å². The molecule has 4 aromatic carbocycles. The Balaban J connectivity index is 0.000000192. The maximum absolute atomic E-state index is 14.5. The van der Waals surface area contributed by atoms with Crippen LogP contribution in [-0.2, 0) is 27.6 Å². The third-order valence-corrected chi connectivity index (χ3v) is 14.0. The largest absolute Gasteiger partial charge is 0.487 e. The molecule has 8 aromatic rings. The molecule has 7 amide bonds. The molecule has 0 aliphatic carbocycles. The van der Waals surface area contributed by atoms with Gasteiger partial charge in [-0.15, -0.1) is 0 Å². The monoisotopic (exact) mass is 1120 g/mol. The highest BCUT2D eigenvalue weighted by atomic mass is 35.5. The fourth-order valence-corrected chi connectivity index (χ4v) is 10.1. The van der Waals surface area contributed by atoms with Crippen molar-refractivity contribution in [2.75, 3.05) is 26.2 Å². The summed E-state index contributed by atoms with van der Waals surface area (Å²) in [5.74, 6) is -3.06. The first-order valence-electron chi connectivity index (χ1n) is 24.6. The Morgan fingerprint density at radius 2 is 1.08 bits per heavy atom. The van der Waals surface area contributed by atoms with Crippen LogP contribution in [-0.4, -0.2) is 105 Å². The van der Waals surface area contributed by atoms with Gasteiger partial charge in [-0.1, -0.05) is 54.4 Å². The molecule has 0 saturated carbocycles. The van der Waals surface area contributed by atoms with E-state index < -0.39 is 65.8 Å². The number of nitrogens with zero attached hydrogens (tertiary/aromatic N) is 10. The molecular weight excluding hydrogens is 1070 g/mol. The maximum Gasteiger partial charge on any atom is 0.328 e. The number of fused-ring (bicyclic) bond motifs is 2. The normalized spacial score (nSPS) is 14.4. The summed E-state index contributed by atoms with van der Waals surface area (Å²) in [4.78, 5) is 75.8. The van der Waals surface area contributed by atoms with E-state index in [0.29, 0.717) is 91.3 Å². The highest BCUT2D eigenvalue weighted by molar-refractivity contribution is 6.31. The topological polar surface area (TPSA) is 204 Å². The second-order valence-corrected chi connectivity index (χ2v) is 19.5. The van der Waals surface area contributed by atoms with Gasteiger partial charge in [-0.25, -0.2) is 46.5 Å². The summed E-state index contributed by atoms with van der Waals surface area (Å²) in [5, 5.41) is 9.68. The lowest BCUT2D eigenvalue weighted by Gasteiger charge is -2.26. The van der Waals surface area contributed by atoms with Gasteiger partial charge in [0.2, 0.25) is 11.8 Å². The lowest BCUT2D eigenvalue weighted by Crippen LogP contribution is -2.40. The standard InChI is InChI=1S/C28H26ClF2N5O3.C27H23ClF2N6O4/c1-4-8-34-26(37)14-35(28(34)38)17(3)21-10-18(30)11-23(29)22(21)15-39-25-7-5-6-20-24(9-16(2)33-27(20)25)36-13-19(31)12-32-36;1-14-6-22(36-10-17(30)9-32-36)18-4-3-5-23(26(18)33-14)40-13-20-19(7-16(29)8-21(20)28)15(2)34-12-25(38)35(27(34)39)11-24(31)37/h5-7,9-13,17H,4,8,14-15H2,1-3H3;3-10,15H,11-13H2,1-2H3,(H2,31,37)/t17-;15-/m00/s1. The first-order chi connectivity index (χ1) is 37.7. The van der Waals surface area contributed by atoms with E-state index in [9.17, 15) is 41.5 Å². The second-order valence-electron chi connectivity index (χ2n) is 18.7. The number of nitrogens with two attached hydrogens (primary N) is 1. The number of amides is 7. The van der Waals surface area contributed by atoms with Crippen LogP contribution >= 0.6 is 23.2 Å². The maximum atomic E-state index is 14.5. The van der Waals surface area contributed by atoms with E-state index in [4.69, 9.17) is 38.4 Å². The molecule has 2 N–H and O–H groups in total. The molecular formula is C55H49Cl2F4N11O7. The Bertz CT molecular complexity index is 3750. The number of halogens is 6. The Labute approximate surface area is 458 Å². The number of para-hydroxylation sites is 2. The Hall–Kier alpha value is -8.63. The fourth-order valence-electron chi connectivity index (χ4n) is 9.55. The number of urea groups is 2. The molecule has 2 fully saturated rings. The van der Waals surface area contributed by atoms with Gasteiger partial charge in [0.1, 0.15) is 67.0 Å². The van der Waals surface area contributed by atoms with E-state index in [1.54, 1.807) is 63.2 Å². The van der Waals surface area contributed by atoms with Gasteiger partial charge in [0.25, 0.3) is 5.91 Å². The van der Waals surface area contributed by atoms with Crippen molar-refractivity contribution < 1.29 is 51.0 Å². The number of carbonyl (C=O) groups excluding carboxylic acids is 5. The van der Waals surface area contributed by atoms with Crippen LogP contribution in [0.3, 0.4) is 0 Å². The zero-order valence-corrected chi connectivity index (χ0v) is 44.5. The fraction of sp³-hybridized carbons (Fsp3) is 0.255. The molecule has 2 aliphatic heterocycles. The Morgan fingerprint density at radius 3 is 1.48 bits per heavy atom. The van der Waals surface area contributed by atoms with Gasteiger partial charge in [-0.05, 0) is 93.8 Å². The van der Waals surface area contributed by atoms with Crippen LogP contribution in [0.1, 0.15) is 72.9 Å². The van der Waals surface area contributed by atoms with E-state index in [1.807, 2.05) is 19.9 Å². The van der Waals surface area contributed by atoms with Crippen LogP contribution in [0.2, 0.25) is 10.0 Å². The number of benzene rings is 4. The van der Waals surface area contributed by atoms with E-state index in [0.717, 1.165) is 23.4 Å². The minimum Gasteiger partial charge on any atom is -0.487 e. The Morgan fingerprint density at radius 1 is 0.646 bits per heavy atom. The zero-order valence-electron chi connectivity index (χ0n) is 43.0. The number of aryl methyl sites for hydroxylation is 2. The quantitative estimate of drug-likeness (QED) is 0.0712. The molecule has 2 aliphatic rings. The minimum absolute atomic E-state index is 0.0477. The van der Waals surface area contributed by atoms with Crippen molar-refractivity contribution in [3.05, 3.63) is 165 Å². The molecule has 24 heteroatoms. The molecule has 2 atom stereocenters. The summed E-state index contributed by atoms with van der Waals surface area (Å²) in [6, 6.07) is 16.4. The van der Waals surface area contributed by atoms with Gasteiger partial charge in [0.05, 0.1) is 58.3 Å². The lowest BCUT2D eigenvalue weighted by atomic mass is 10.0. The number of ether oxygens (including phenoxy) is 2. The summed E-state index contributed by atoms with van der Waals surface area (Å²) in [6.07, 6.45) is 5.40. The molecule has 0 spiro atoms. The van der Waals surface area contributed by atoms with Gasteiger partial charge in [0.15, 0.2) is 11.6 Å². The van der Waals surface area contributed by atoms with Crippen LogP contribution in [0.4, 0.5) is 27.2 Å². The second kappa shape index (κ2) is 22.8.